The number of aromatic nitrogens is 4. The summed E-state index contributed by atoms with van der Waals surface area (Å²) in [7, 11) is 0. The summed E-state index contributed by atoms with van der Waals surface area (Å²) < 4.78 is 7.16. The number of nitrogens with zero attached hydrogens (tertiary/aromatic N) is 4. The number of tetrazole rings is 1. The summed E-state index contributed by atoms with van der Waals surface area (Å²) >= 11 is 0. The van der Waals surface area contributed by atoms with Gasteiger partial charge in [-0.05, 0) is 48.0 Å². The molecule has 0 amide bonds. The van der Waals surface area contributed by atoms with Gasteiger partial charge in [0, 0.05) is 6.42 Å². The molecule has 0 saturated heterocycles. The molecule has 0 radical (unpaired) electrons. The Morgan fingerprint density at radius 2 is 1.94 bits per heavy atom. The molecule has 5 nitrogen and oxygen atoms in total. The van der Waals surface area contributed by atoms with Crippen LogP contribution in [0.25, 0.3) is 5.69 Å². The Morgan fingerprint density at radius 3 is 2.59 bits per heavy atom. The topological polar surface area (TPSA) is 52.8 Å². The number of hydrogen-bond acceptors (Lipinski definition) is 4. The lowest BCUT2D eigenvalue weighted by molar-refractivity contribution is 0.340. The number of ether oxygens (including phenoxy) is 1. The summed E-state index contributed by atoms with van der Waals surface area (Å²) in [6, 6.07) is 7.77. The smallest absolute Gasteiger partial charge is 0.156 e. The summed E-state index contributed by atoms with van der Waals surface area (Å²) in [5.41, 5.74) is 0.960. The van der Waals surface area contributed by atoms with Crippen LogP contribution in [0.3, 0.4) is 0 Å². The maximum Gasteiger partial charge on any atom is 0.156 e. The van der Waals surface area contributed by atoms with Crippen LogP contribution in [0.1, 0.15) is 26.1 Å². The molecule has 0 saturated carbocycles. The monoisotopic (exact) mass is 232 g/mol. The molecule has 0 aliphatic rings. The molecule has 2 rings (SSSR count). The zero-order valence-corrected chi connectivity index (χ0v) is 10.1. The third-order valence-corrected chi connectivity index (χ3v) is 2.40. The van der Waals surface area contributed by atoms with Crippen LogP contribution in [0.5, 0.6) is 5.75 Å². The van der Waals surface area contributed by atoms with Crippen LogP contribution in [-0.4, -0.2) is 26.8 Å². The lowest BCUT2D eigenvalue weighted by Crippen LogP contribution is -2.03. The lowest BCUT2D eigenvalue weighted by Gasteiger charge is -2.06. The minimum Gasteiger partial charge on any atom is -0.494 e. The summed E-state index contributed by atoms with van der Waals surface area (Å²) in [6.07, 6.45) is 1.90. The fourth-order valence-corrected chi connectivity index (χ4v) is 1.64. The Balaban J connectivity index is 2.23. The number of benzene rings is 1. The molecule has 0 spiro atoms. The molecule has 5 heteroatoms. The second kappa shape index (κ2) is 5.43. The predicted octanol–water partition coefficient (Wildman–Crippen LogP) is 2.01. The average molecular weight is 232 g/mol. The van der Waals surface area contributed by atoms with Crippen molar-refractivity contribution in [1.29, 1.82) is 0 Å². The van der Waals surface area contributed by atoms with Gasteiger partial charge < -0.3 is 4.74 Å². The van der Waals surface area contributed by atoms with E-state index in [1.165, 1.54) is 0 Å². The summed E-state index contributed by atoms with van der Waals surface area (Å²) in [5, 5.41) is 11.7. The third-order valence-electron chi connectivity index (χ3n) is 2.40. The number of hydrogen-bond donors (Lipinski definition) is 0. The Labute approximate surface area is 100 Å². The van der Waals surface area contributed by atoms with Gasteiger partial charge in [-0.25, -0.2) is 0 Å². The SMILES string of the molecule is CCCc1nnnn1-c1ccc(OCC)cc1. The highest BCUT2D eigenvalue weighted by Gasteiger charge is 2.06. The van der Waals surface area contributed by atoms with Gasteiger partial charge in [-0.3, -0.25) is 0 Å². The Hall–Kier alpha value is -1.91. The van der Waals surface area contributed by atoms with Gasteiger partial charge in [0.1, 0.15) is 5.75 Å². The van der Waals surface area contributed by atoms with Gasteiger partial charge in [0.05, 0.1) is 12.3 Å². The van der Waals surface area contributed by atoms with E-state index >= 15 is 0 Å². The normalized spacial score (nSPS) is 10.5. The fourth-order valence-electron chi connectivity index (χ4n) is 1.64. The van der Waals surface area contributed by atoms with E-state index in [1.54, 1.807) is 4.68 Å². The van der Waals surface area contributed by atoms with Crippen molar-refractivity contribution in [3.63, 3.8) is 0 Å². The summed E-state index contributed by atoms with van der Waals surface area (Å²) in [5.74, 6) is 1.75. The first-order valence-electron chi connectivity index (χ1n) is 5.85. The van der Waals surface area contributed by atoms with Gasteiger partial charge in [0.15, 0.2) is 5.82 Å². The van der Waals surface area contributed by atoms with E-state index in [-0.39, 0.29) is 0 Å². The van der Waals surface area contributed by atoms with E-state index in [0.717, 1.165) is 30.1 Å². The van der Waals surface area contributed by atoms with Gasteiger partial charge in [-0.15, -0.1) is 5.10 Å². The van der Waals surface area contributed by atoms with E-state index < -0.39 is 0 Å². The molecular weight excluding hydrogens is 216 g/mol. The average Bonchev–Trinajstić information content (AvgIpc) is 2.79. The lowest BCUT2D eigenvalue weighted by atomic mass is 10.3. The van der Waals surface area contributed by atoms with Crippen LogP contribution in [-0.2, 0) is 6.42 Å². The Kier molecular flexibility index (Phi) is 3.69. The standard InChI is InChI=1S/C12H16N4O/c1-3-5-12-13-14-15-16(12)10-6-8-11(9-7-10)17-4-2/h6-9H,3-5H2,1-2H3. The van der Waals surface area contributed by atoms with Crippen molar-refractivity contribution in [2.45, 2.75) is 26.7 Å². The molecule has 0 bridgehead atoms. The zero-order chi connectivity index (χ0) is 12.1. The van der Waals surface area contributed by atoms with Crippen molar-refractivity contribution in [3.8, 4) is 11.4 Å². The van der Waals surface area contributed by atoms with Gasteiger partial charge >= 0.3 is 0 Å². The van der Waals surface area contributed by atoms with Crippen LogP contribution in [0, 0.1) is 0 Å². The van der Waals surface area contributed by atoms with E-state index in [1.807, 2.05) is 31.2 Å². The number of aryl methyl sites for hydroxylation is 1. The molecule has 0 unspecified atom stereocenters. The molecule has 2 aromatic rings. The van der Waals surface area contributed by atoms with E-state index in [2.05, 4.69) is 22.4 Å². The first-order valence-corrected chi connectivity index (χ1v) is 5.85. The fraction of sp³-hybridized carbons (Fsp3) is 0.417. The second-order valence-corrected chi connectivity index (χ2v) is 3.68. The molecule has 90 valence electrons. The van der Waals surface area contributed by atoms with Crippen LogP contribution < -0.4 is 4.74 Å². The predicted molar refractivity (Wildman–Crippen MR) is 64.3 cm³/mol. The van der Waals surface area contributed by atoms with Crippen molar-refractivity contribution < 1.29 is 4.74 Å². The number of rotatable bonds is 5. The van der Waals surface area contributed by atoms with Crippen molar-refractivity contribution in [2.24, 2.45) is 0 Å². The molecule has 0 aliphatic carbocycles. The van der Waals surface area contributed by atoms with Crippen LogP contribution in [0.15, 0.2) is 24.3 Å². The van der Waals surface area contributed by atoms with Crippen molar-refractivity contribution in [3.05, 3.63) is 30.1 Å². The quantitative estimate of drug-likeness (QED) is 0.791. The molecular formula is C12H16N4O. The minimum absolute atomic E-state index is 0.672. The van der Waals surface area contributed by atoms with Crippen LogP contribution in [0.4, 0.5) is 0 Å². The maximum absolute atomic E-state index is 5.40. The van der Waals surface area contributed by atoms with E-state index in [4.69, 9.17) is 4.74 Å². The van der Waals surface area contributed by atoms with Crippen molar-refractivity contribution >= 4 is 0 Å². The summed E-state index contributed by atoms with van der Waals surface area (Å²) in [4.78, 5) is 0. The molecule has 0 N–H and O–H groups in total. The maximum atomic E-state index is 5.40. The van der Waals surface area contributed by atoms with Crippen molar-refractivity contribution in [1.82, 2.24) is 20.2 Å². The van der Waals surface area contributed by atoms with Crippen molar-refractivity contribution in [2.75, 3.05) is 6.61 Å². The first-order chi connectivity index (χ1) is 8.35. The molecule has 0 atom stereocenters. The third kappa shape index (κ3) is 2.61. The van der Waals surface area contributed by atoms with Crippen LogP contribution in [0.2, 0.25) is 0 Å². The Morgan fingerprint density at radius 1 is 1.18 bits per heavy atom. The first kappa shape index (κ1) is 11.6. The zero-order valence-electron chi connectivity index (χ0n) is 10.1. The molecule has 1 aromatic heterocycles. The summed E-state index contributed by atoms with van der Waals surface area (Å²) in [6.45, 7) is 4.75. The Bertz CT molecular complexity index is 464. The molecule has 17 heavy (non-hydrogen) atoms. The van der Waals surface area contributed by atoms with Crippen LogP contribution >= 0.6 is 0 Å². The van der Waals surface area contributed by atoms with E-state index in [9.17, 15) is 0 Å². The largest absolute Gasteiger partial charge is 0.494 e. The highest BCUT2D eigenvalue weighted by atomic mass is 16.5. The van der Waals surface area contributed by atoms with Gasteiger partial charge in [0.25, 0.3) is 0 Å². The molecule has 0 fully saturated rings. The van der Waals surface area contributed by atoms with Gasteiger partial charge in [-0.1, -0.05) is 6.92 Å². The molecule has 1 aromatic carbocycles. The minimum atomic E-state index is 0.672. The molecule has 0 aliphatic heterocycles. The highest BCUT2D eigenvalue weighted by molar-refractivity contribution is 5.37. The molecule has 1 heterocycles. The second-order valence-electron chi connectivity index (χ2n) is 3.68. The van der Waals surface area contributed by atoms with Gasteiger partial charge in [-0.2, -0.15) is 4.68 Å². The van der Waals surface area contributed by atoms with Gasteiger partial charge in [0.2, 0.25) is 0 Å². The highest BCUT2D eigenvalue weighted by Crippen LogP contribution is 2.15. The van der Waals surface area contributed by atoms with E-state index in [0.29, 0.717) is 6.61 Å².